The Hall–Kier alpha value is -3.86. The van der Waals surface area contributed by atoms with E-state index in [2.05, 4.69) is 9.97 Å². The van der Waals surface area contributed by atoms with E-state index >= 15 is 0 Å². The van der Waals surface area contributed by atoms with Crippen LogP contribution < -0.4 is 15.0 Å². The van der Waals surface area contributed by atoms with Gasteiger partial charge in [-0.1, -0.05) is 60.7 Å². The molecule has 2 aromatic heterocycles. The highest BCUT2D eigenvalue weighted by molar-refractivity contribution is 5.68. The number of rotatable bonds is 7. The first kappa shape index (κ1) is 18.5. The molecule has 0 aliphatic rings. The molecule has 0 amide bonds. The molecular formula is C24H20N2O3. The van der Waals surface area contributed by atoms with Gasteiger partial charge in [-0.2, -0.15) is 4.98 Å². The second-order valence-electron chi connectivity index (χ2n) is 6.49. The number of H-pyrrole nitrogens is 1. The molecule has 0 aliphatic heterocycles. The Balaban J connectivity index is 1.60. The fraction of sp³-hybridized carbons (Fsp3) is 0.0833. The maximum absolute atomic E-state index is 11.7. The molecule has 4 rings (SSSR count). The number of aromatic nitrogens is 2. The highest BCUT2D eigenvalue weighted by Gasteiger charge is 2.12. The molecule has 2 aromatic carbocycles. The van der Waals surface area contributed by atoms with Crippen molar-refractivity contribution in [1.29, 1.82) is 0 Å². The van der Waals surface area contributed by atoms with Crippen LogP contribution in [0.15, 0.2) is 95.9 Å². The van der Waals surface area contributed by atoms with Crippen LogP contribution in [0.25, 0.3) is 11.1 Å². The van der Waals surface area contributed by atoms with Crippen molar-refractivity contribution >= 4 is 0 Å². The third-order valence-corrected chi connectivity index (χ3v) is 4.37. The quantitative estimate of drug-likeness (QED) is 0.506. The van der Waals surface area contributed by atoms with Crippen LogP contribution in [0.5, 0.6) is 11.8 Å². The summed E-state index contributed by atoms with van der Waals surface area (Å²) in [6, 6.07) is 26.8. The zero-order chi connectivity index (χ0) is 19.9. The molecule has 29 heavy (non-hydrogen) atoms. The monoisotopic (exact) mass is 384 g/mol. The van der Waals surface area contributed by atoms with Gasteiger partial charge >= 0.3 is 0 Å². The van der Waals surface area contributed by atoms with Gasteiger partial charge in [0.15, 0.2) is 0 Å². The van der Waals surface area contributed by atoms with Crippen molar-refractivity contribution in [3.63, 3.8) is 0 Å². The van der Waals surface area contributed by atoms with Crippen LogP contribution in [0.4, 0.5) is 0 Å². The minimum atomic E-state index is -0.180. The van der Waals surface area contributed by atoms with Crippen molar-refractivity contribution < 1.29 is 9.47 Å². The molecule has 4 aromatic rings. The van der Waals surface area contributed by atoms with Crippen molar-refractivity contribution in [2.75, 3.05) is 0 Å². The van der Waals surface area contributed by atoms with Crippen molar-refractivity contribution in [2.45, 2.75) is 13.2 Å². The molecular weight excluding hydrogens is 364 g/mol. The minimum absolute atomic E-state index is 0.180. The zero-order valence-electron chi connectivity index (χ0n) is 15.7. The summed E-state index contributed by atoms with van der Waals surface area (Å²) >= 11 is 0. The summed E-state index contributed by atoms with van der Waals surface area (Å²) in [5, 5.41) is 0. The van der Waals surface area contributed by atoms with Gasteiger partial charge in [-0.05, 0) is 28.8 Å². The molecule has 0 fully saturated rings. The second kappa shape index (κ2) is 8.89. The van der Waals surface area contributed by atoms with Crippen LogP contribution in [-0.4, -0.2) is 9.97 Å². The Bertz CT molecular complexity index is 1130. The van der Waals surface area contributed by atoms with Gasteiger partial charge in [0.1, 0.15) is 13.2 Å². The van der Waals surface area contributed by atoms with Gasteiger partial charge in [0.05, 0.1) is 0 Å². The number of benzene rings is 2. The number of hydrogen-bond acceptors (Lipinski definition) is 4. The SMILES string of the molecule is O=c1cc(-c2ccc(OCc3ccccc3)nc2OCc2ccccc2)cc[nH]1. The van der Waals surface area contributed by atoms with Gasteiger partial charge < -0.3 is 14.5 Å². The predicted molar refractivity (Wildman–Crippen MR) is 112 cm³/mol. The van der Waals surface area contributed by atoms with Crippen molar-refractivity contribution in [2.24, 2.45) is 0 Å². The zero-order valence-corrected chi connectivity index (χ0v) is 15.7. The van der Waals surface area contributed by atoms with Crippen molar-refractivity contribution in [1.82, 2.24) is 9.97 Å². The van der Waals surface area contributed by atoms with E-state index in [1.807, 2.05) is 72.8 Å². The lowest BCUT2D eigenvalue weighted by atomic mass is 10.1. The van der Waals surface area contributed by atoms with Gasteiger partial charge in [0.2, 0.25) is 17.3 Å². The second-order valence-corrected chi connectivity index (χ2v) is 6.49. The van der Waals surface area contributed by atoms with Crippen LogP contribution in [0, 0.1) is 0 Å². The molecule has 1 N–H and O–H groups in total. The maximum atomic E-state index is 11.7. The lowest BCUT2D eigenvalue weighted by Gasteiger charge is -2.13. The highest BCUT2D eigenvalue weighted by Crippen LogP contribution is 2.30. The lowest BCUT2D eigenvalue weighted by molar-refractivity contribution is 0.268. The fourth-order valence-corrected chi connectivity index (χ4v) is 2.90. The van der Waals surface area contributed by atoms with Crippen molar-refractivity contribution in [3.05, 3.63) is 113 Å². The number of nitrogens with zero attached hydrogens (tertiary/aromatic N) is 1. The summed E-state index contributed by atoms with van der Waals surface area (Å²) in [6.07, 6.45) is 1.61. The summed E-state index contributed by atoms with van der Waals surface area (Å²) in [4.78, 5) is 18.9. The molecule has 0 bridgehead atoms. The van der Waals surface area contributed by atoms with Gasteiger partial charge in [-0.15, -0.1) is 0 Å². The fourth-order valence-electron chi connectivity index (χ4n) is 2.90. The Kier molecular flexibility index (Phi) is 5.67. The van der Waals surface area contributed by atoms with Gasteiger partial charge in [0.25, 0.3) is 0 Å². The van der Waals surface area contributed by atoms with Gasteiger partial charge in [-0.25, -0.2) is 0 Å². The van der Waals surface area contributed by atoms with Gasteiger partial charge in [0, 0.05) is 23.9 Å². The first-order valence-corrected chi connectivity index (χ1v) is 9.31. The highest BCUT2D eigenvalue weighted by atomic mass is 16.5. The summed E-state index contributed by atoms with van der Waals surface area (Å²) in [6.45, 7) is 0.780. The summed E-state index contributed by atoms with van der Waals surface area (Å²) in [5.41, 5.74) is 3.38. The molecule has 144 valence electrons. The van der Waals surface area contributed by atoms with E-state index < -0.39 is 0 Å². The van der Waals surface area contributed by atoms with E-state index in [0.717, 1.165) is 22.3 Å². The van der Waals surface area contributed by atoms with E-state index in [9.17, 15) is 4.79 Å². The number of pyridine rings is 2. The Morgan fingerprint density at radius 1 is 0.759 bits per heavy atom. The summed E-state index contributed by atoms with van der Waals surface area (Å²) in [7, 11) is 0. The maximum Gasteiger partial charge on any atom is 0.248 e. The molecule has 0 unspecified atom stereocenters. The first-order chi connectivity index (χ1) is 14.3. The van der Waals surface area contributed by atoms with E-state index in [0.29, 0.717) is 25.0 Å². The van der Waals surface area contributed by atoms with Crippen LogP contribution >= 0.6 is 0 Å². The number of ether oxygens (including phenoxy) is 2. The number of nitrogens with one attached hydrogen (secondary N) is 1. The molecule has 0 spiro atoms. The largest absolute Gasteiger partial charge is 0.473 e. The molecule has 2 heterocycles. The van der Waals surface area contributed by atoms with Crippen LogP contribution in [0.1, 0.15) is 11.1 Å². The predicted octanol–water partition coefficient (Wildman–Crippen LogP) is 4.59. The summed E-state index contributed by atoms with van der Waals surface area (Å²) < 4.78 is 11.8. The minimum Gasteiger partial charge on any atom is -0.473 e. The van der Waals surface area contributed by atoms with E-state index in [-0.39, 0.29) is 5.56 Å². The third kappa shape index (κ3) is 4.90. The Morgan fingerprint density at radius 2 is 1.41 bits per heavy atom. The van der Waals surface area contributed by atoms with Crippen LogP contribution in [-0.2, 0) is 13.2 Å². The summed E-state index contributed by atoms with van der Waals surface area (Å²) in [5.74, 6) is 0.885. The average molecular weight is 384 g/mol. The van der Waals surface area contributed by atoms with Crippen LogP contribution in [0.2, 0.25) is 0 Å². The van der Waals surface area contributed by atoms with Crippen LogP contribution in [0.3, 0.4) is 0 Å². The Morgan fingerprint density at radius 3 is 2.07 bits per heavy atom. The average Bonchev–Trinajstić information content (AvgIpc) is 2.78. The Labute approximate surface area is 168 Å². The van der Waals surface area contributed by atoms with E-state index in [1.165, 1.54) is 6.07 Å². The molecule has 5 nitrogen and oxygen atoms in total. The third-order valence-electron chi connectivity index (χ3n) is 4.37. The van der Waals surface area contributed by atoms with Gasteiger partial charge in [-0.3, -0.25) is 4.79 Å². The lowest BCUT2D eigenvalue weighted by Crippen LogP contribution is -2.05. The standard InChI is InChI=1S/C24H20N2O3/c27-22-15-20(13-14-25-22)21-11-12-23(28-16-18-7-3-1-4-8-18)26-24(21)29-17-19-9-5-2-6-10-19/h1-15H,16-17H2,(H,25,27). The van der Waals surface area contributed by atoms with E-state index in [1.54, 1.807) is 12.3 Å². The molecule has 0 saturated carbocycles. The number of aromatic amines is 1. The molecule has 0 radical (unpaired) electrons. The molecule has 0 atom stereocenters. The normalized spacial score (nSPS) is 10.5. The van der Waals surface area contributed by atoms with Crippen molar-refractivity contribution in [3.8, 4) is 22.9 Å². The smallest absolute Gasteiger partial charge is 0.248 e. The molecule has 0 saturated heterocycles. The first-order valence-electron chi connectivity index (χ1n) is 9.31. The molecule has 0 aliphatic carbocycles. The topological polar surface area (TPSA) is 64.2 Å². The molecule has 5 heteroatoms. The number of hydrogen-bond donors (Lipinski definition) is 1. The van der Waals surface area contributed by atoms with E-state index in [4.69, 9.17) is 9.47 Å².